The smallest absolute Gasteiger partial charge is 0.325 e. The molecule has 0 bridgehead atoms. The maximum Gasteiger partial charge on any atom is 0.325 e. The molecular formula is C39H46N4O6. The number of hydrogen-bond acceptors (Lipinski definition) is 8. The Morgan fingerprint density at radius 3 is 2.41 bits per heavy atom. The van der Waals surface area contributed by atoms with Crippen molar-refractivity contribution >= 4 is 12.0 Å². The molecule has 1 fully saturated rings. The highest BCUT2D eigenvalue weighted by molar-refractivity contribution is 5.80. The van der Waals surface area contributed by atoms with E-state index < -0.39 is 18.3 Å². The molecule has 4 atom stereocenters. The summed E-state index contributed by atoms with van der Waals surface area (Å²) in [6.45, 7) is 5.82. The van der Waals surface area contributed by atoms with Gasteiger partial charge in [-0.15, -0.1) is 0 Å². The van der Waals surface area contributed by atoms with Crippen molar-refractivity contribution in [1.82, 2.24) is 20.5 Å². The molecule has 3 N–H and O–H groups in total. The van der Waals surface area contributed by atoms with E-state index in [0.717, 1.165) is 58.6 Å². The standard InChI is InChI=1S/C39H46N4O6/c1-4-47-36(45)24-42-39(46)41-23-29-9-7-10-31(21-29)32-11-8-12-33(22-32)38-48-35(25-43(3)20-18-34-13-5-6-19-40-34)27(2)37(49-38)30-16-14-28(26-44)15-17-30/h5-17,19,21-22,27,35,37-38,44H,4,18,20,23-26H2,1-3H3,(H2,41,42,46)/t27-,35+,37+,38+/m0/s1. The number of aliphatic hydroxyl groups is 1. The molecule has 0 saturated carbocycles. The Kier molecular flexibility index (Phi) is 12.9. The van der Waals surface area contributed by atoms with Crippen LogP contribution in [0.15, 0.2) is 97.2 Å². The number of nitrogens with one attached hydrogen (secondary N) is 2. The minimum atomic E-state index is -0.596. The van der Waals surface area contributed by atoms with Gasteiger partial charge in [0.25, 0.3) is 0 Å². The summed E-state index contributed by atoms with van der Waals surface area (Å²) in [4.78, 5) is 30.5. The Labute approximate surface area is 288 Å². The van der Waals surface area contributed by atoms with Crippen molar-refractivity contribution in [2.24, 2.45) is 5.92 Å². The zero-order chi connectivity index (χ0) is 34.6. The number of carbonyl (C=O) groups is 2. The zero-order valence-electron chi connectivity index (χ0n) is 28.4. The van der Waals surface area contributed by atoms with E-state index in [1.54, 1.807) is 6.92 Å². The van der Waals surface area contributed by atoms with Crippen LogP contribution in [-0.4, -0.2) is 66.4 Å². The number of esters is 1. The summed E-state index contributed by atoms with van der Waals surface area (Å²) < 4.78 is 18.3. The minimum absolute atomic E-state index is 0.0104. The predicted molar refractivity (Wildman–Crippen MR) is 187 cm³/mol. The third-order valence-corrected chi connectivity index (χ3v) is 8.66. The highest BCUT2D eigenvalue weighted by Crippen LogP contribution is 2.42. The fourth-order valence-electron chi connectivity index (χ4n) is 5.91. The molecule has 2 heterocycles. The lowest BCUT2D eigenvalue weighted by molar-refractivity contribution is -0.275. The van der Waals surface area contributed by atoms with Crippen LogP contribution in [0.1, 0.15) is 54.2 Å². The van der Waals surface area contributed by atoms with Crippen LogP contribution in [0.5, 0.6) is 0 Å². The molecule has 1 saturated heterocycles. The van der Waals surface area contributed by atoms with Crippen LogP contribution in [-0.2, 0) is 38.6 Å². The lowest BCUT2D eigenvalue weighted by Gasteiger charge is -2.42. The van der Waals surface area contributed by atoms with E-state index in [1.807, 2.05) is 91.1 Å². The number of benzene rings is 3. The molecule has 1 aliphatic heterocycles. The molecule has 4 aromatic rings. The first kappa shape index (κ1) is 35.7. The van der Waals surface area contributed by atoms with Gasteiger partial charge in [-0.05, 0) is 66.1 Å². The first-order valence-corrected chi connectivity index (χ1v) is 16.8. The molecule has 3 aromatic carbocycles. The van der Waals surface area contributed by atoms with Crippen LogP contribution < -0.4 is 10.6 Å². The summed E-state index contributed by atoms with van der Waals surface area (Å²) >= 11 is 0. The number of aliphatic hydroxyl groups excluding tert-OH is 1. The Balaban J connectivity index is 1.31. The maximum atomic E-state index is 12.2. The van der Waals surface area contributed by atoms with Crippen LogP contribution in [0, 0.1) is 5.92 Å². The predicted octanol–water partition coefficient (Wildman–Crippen LogP) is 5.57. The van der Waals surface area contributed by atoms with Gasteiger partial charge >= 0.3 is 12.0 Å². The van der Waals surface area contributed by atoms with Crippen LogP contribution in [0.3, 0.4) is 0 Å². The van der Waals surface area contributed by atoms with Gasteiger partial charge < -0.3 is 34.9 Å². The molecule has 49 heavy (non-hydrogen) atoms. The number of ether oxygens (including phenoxy) is 3. The summed E-state index contributed by atoms with van der Waals surface area (Å²) in [6.07, 6.45) is 1.75. The highest BCUT2D eigenvalue weighted by atomic mass is 16.7. The summed E-state index contributed by atoms with van der Waals surface area (Å²) in [7, 11) is 2.11. The number of aromatic nitrogens is 1. The first-order valence-electron chi connectivity index (χ1n) is 16.8. The molecule has 10 nitrogen and oxygen atoms in total. The summed E-state index contributed by atoms with van der Waals surface area (Å²) in [5.41, 5.74) is 6.75. The number of hydrogen-bond donors (Lipinski definition) is 3. The average Bonchev–Trinajstić information content (AvgIpc) is 3.14. The third kappa shape index (κ3) is 10.2. The number of likely N-dealkylation sites (N-methyl/N-ethyl adjacent to an activating group) is 1. The lowest BCUT2D eigenvalue weighted by Crippen LogP contribution is -2.43. The zero-order valence-corrected chi connectivity index (χ0v) is 28.4. The number of pyridine rings is 1. The fourth-order valence-corrected chi connectivity index (χ4v) is 5.91. The van der Waals surface area contributed by atoms with Crippen molar-refractivity contribution in [3.63, 3.8) is 0 Å². The van der Waals surface area contributed by atoms with Gasteiger partial charge in [0.2, 0.25) is 0 Å². The van der Waals surface area contributed by atoms with Gasteiger partial charge in [-0.25, -0.2) is 4.79 Å². The molecule has 2 amide bonds. The van der Waals surface area contributed by atoms with E-state index in [-0.39, 0.29) is 37.9 Å². The average molecular weight is 667 g/mol. The van der Waals surface area contributed by atoms with Crippen molar-refractivity contribution in [3.8, 4) is 11.1 Å². The number of urea groups is 1. The van der Waals surface area contributed by atoms with E-state index in [1.165, 1.54) is 0 Å². The number of carbonyl (C=O) groups excluding carboxylic acids is 2. The molecule has 258 valence electrons. The van der Waals surface area contributed by atoms with Crippen LogP contribution >= 0.6 is 0 Å². The maximum absolute atomic E-state index is 12.2. The van der Waals surface area contributed by atoms with Gasteiger partial charge in [0, 0.05) is 49.4 Å². The summed E-state index contributed by atoms with van der Waals surface area (Å²) in [6, 6.07) is 29.6. The van der Waals surface area contributed by atoms with Crippen molar-refractivity contribution < 1.29 is 28.9 Å². The number of rotatable bonds is 14. The third-order valence-electron chi connectivity index (χ3n) is 8.66. The summed E-state index contributed by atoms with van der Waals surface area (Å²) in [5.74, 6) is -0.417. The molecule has 0 spiro atoms. The van der Waals surface area contributed by atoms with E-state index >= 15 is 0 Å². The van der Waals surface area contributed by atoms with Crippen molar-refractivity contribution in [2.45, 2.75) is 51.9 Å². The minimum Gasteiger partial charge on any atom is -0.465 e. The lowest BCUT2D eigenvalue weighted by atomic mass is 9.90. The second-order valence-electron chi connectivity index (χ2n) is 12.3. The molecule has 0 unspecified atom stereocenters. The first-order chi connectivity index (χ1) is 23.8. The monoisotopic (exact) mass is 666 g/mol. The van der Waals surface area contributed by atoms with Crippen LogP contribution in [0.25, 0.3) is 11.1 Å². The quantitative estimate of drug-likeness (QED) is 0.150. The Bertz CT molecular complexity index is 1650. The number of amides is 2. The molecule has 5 rings (SSSR count). The van der Waals surface area contributed by atoms with E-state index in [9.17, 15) is 14.7 Å². The van der Waals surface area contributed by atoms with Gasteiger partial charge in [0.15, 0.2) is 6.29 Å². The van der Waals surface area contributed by atoms with Gasteiger partial charge in [0.05, 0.1) is 25.4 Å². The largest absolute Gasteiger partial charge is 0.465 e. The van der Waals surface area contributed by atoms with E-state index in [2.05, 4.69) is 40.6 Å². The van der Waals surface area contributed by atoms with Gasteiger partial charge in [-0.3, -0.25) is 9.78 Å². The number of nitrogens with zero attached hydrogens (tertiary/aromatic N) is 2. The Morgan fingerprint density at radius 1 is 0.898 bits per heavy atom. The highest BCUT2D eigenvalue weighted by Gasteiger charge is 2.38. The molecule has 0 aliphatic carbocycles. The van der Waals surface area contributed by atoms with Gasteiger partial charge in [-0.2, -0.15) is 0 Å². The molecule has 1 aliphatic rings. The Morgan fingerprint density at radius 2 is 1.67 bits per heavy atom. The second-order valence-corrected chi connectivity index (χ2v) is 12.3. The fraction of sp³-hybridized carbons (Fsp3) is 0.359. The topological polar surface area (TPSA) is 122 Å². The Hall–Kier alpha value is -4.61. The van der Waals surface area contributed by atoms with Crippen molar-refractivity contribution in [3.05, 3.63) is 125 Å². The van der Waals surface area contributed by atoms with Crippen molar-refractivity contribution in [1.29, 1.82) is 0 Å². The van der Waals surface area contributed by atoms with Gasteiger partial charge in [0.1, 0.15) is 6.54 Å². The molecular weight excluding hydrogens is 620 g/mol. The molecule has 10 heteroatoms. The van der Waals surface area contributed by atoms with Crippen molar-refractivity contribution in [2.75, 3.05) is 33.3 Å². The van der Waals surface area contributed by atoms with E-state index in [4.69, 9.17) is 14.2 Å². The molecule has 1 aromatic heterocycles. The summed E-state index contributed by atoms with van der Waals surface area (Å²) in [5, 5.41) is 14.9. The second kappa shape index (κ2) is 17.7. The van der Waals surface area contributed by atoms with Crippen LogP contribution in [0.2, 0.25) is 0 Å². The molecule has 0 radical (unpaired) electrons. The normalized spacial score (nSPS) is 19.0. The van der Waals surface area contributed by atoms with Gasteiger partial charge in [-0.1, -0.05) is 73.7 Å². The van der Waals surface area contributed by atoms with Crippen LogP contribution in [0.4, 0.5) is 4.79 Å². The van der Waals surface area contributed by atoms with E-state index in [0.29, 0.717) is 6.54 Å². The SMILES string of the molecule is CCOC(=O)CNC(=O)NCc1cccc(-c2cccc([C@@H]3O[C@H](CN(C)CCc4ccccn4)[C@H](C)[C@H](c4ccc(CO)cc4)O3)c2)c1.